The second kappa shape index (κ2) is 6.84. The van der Waals surface area contributed by atoms with Gasteiger partial charge >= 0.3 is 6.18 Å². The summed E-state index contributed by atoms with van der Waals surface area (Å²) in [4.78, 5) is 20.4. The molecule has 1 amide bonds. The Hall–Kier alpha value is -2.61. The normalized spacial score (nSPS) is 19.9. The Morgan fingerprint density at radius 1 is 1.15 bits per heavy atom. The lowest BCUT2D eigenvalue weighted by Crippen LogP contribution is -2.51. The van der Waals surface area contributed by atoms with Crippen LogP contribution in [0, 0.1) is 0 Å². The highest BCUT2D eigenvalue weighted by Crippen LogP contribution is 2.31. The molecule has 0 radical (unpaired) electrons. The van der Waals surface area contributed by atoms with Crippen LogP contribution in [0.15, 0.2) is 42.6 Å². The van der Waals surface area contributed by atoms with Gasteiger partial charge in [-0.25, -0.2) is 4.98 Å². The third-order valence-electron chi connectivity index (χ3n) is 4.89. The molecule has 2 aromatic rings. The van der Waals surface area contributed by atoms with Crippen LogP contribution < -0.4 is 9.80 Å². The highest BCUT2D eigenvalue weighted by molar-refractivity contribution is 5.98. The van der Waals surface area contributed by atoms with Crippen LogP contribution in [0.1, 0.15) is 11.1 Å². The average Bonchev–Trinajstić information content (AvgIpc) is 3.11. The van der Waals surface area contributed by atoms with Crippen molar-refractivity contribution in [3.8, 4) is 0 Å². The van der Waals surface area contributed by atoms with Crippen molar-refractivity contribution in [2.75, 3.05) is 36.0 Å². The van der Waals surface area contributed by atoms with Gasteiger partial charge in [0.1, 0.15) is 5.82 Å². The maximum Gasteiger partial charge on any atom is 0.417 e. The van der Waals surface area contributed by atoms with E-state index < -0.39 is 17.8 Å². The number of amides is 1. The molecule has 27 heavy (non-hydrogen) atoms. The number of morpholine rings is 1. The van der Waals surface area contributed by atoms with E-state index in [0.29, 0.717) is 25.5 Å². The molecule has 1 saturated heterocycles. The molecule has 1 unspecified atom stereocenters. The highest BCUT2D eigenvalue weighted by atomic mass is 19.4. The first-order chi connectivity index (χ1) is 12.9. The third kappa shape index (κ3) is 3.49. The molecule has 2 aliphatic rings. The summed E-state index contributed by atoms with van der Waals surface area (Å²) < 4.78 is 43.8. The molecule has 1 aromatic heterocycles. The number of benzene rings is 1. The average molecular weight is 377 g/mol. The van der Waals surface area contributed by atoms with Crippen molar-refractivity contribution < 1.29 is 22.7 Å². The number of aromatic nitrogens is 1. The van der Waals surface area contributed by atoms with Crippen LogP contribution in [0.3, 0.4) is 0 Å². The lowest BCUT2D eigenvalue weighted by Gasteiger charge is -2.34. The van der Waals surface area contributed by atoms with E-state index in [4.69, 9.17) is 4.74 Å². The number of rotatable bonds is 2. The Labute approximate surface area is 154 Å². The zero-order valence-electron chi connectivity index (χ0n) is 14.4. The van der Waals surface area contributed by atoms with Gasteiger partial charge in [-0.15, -0.1) is 0 Å². The molecule has 1 aromatic carbocycles. The fraction of sp³-hybridized carbons (Fsp3) is 0.368. The highest BCUT2D eigenvalue weighted by Gasteiger charge is 2.35. The molecule has 0 saturated carbocycles. The van der Waals surface area contributed by atoms with E-state index in [1.165, 1.54) is 6.07 Å². The van der Waals surface area contributed by atoms with Crippen LogP contribution in [0.25, 0.3) is 0 Å². The summed E-state index contributed by atoms with van der Waals surface area (Å²) in [5.74, 6) is 0.280. The zero-order valence-corrected chi connectivity index (χ0v) is 14.4. The van der Waals surface area contributed by atoms with Crippen molar-refractivity contribution in [3.63, 3.8) is 0 Å². The minimum atomic E-state index is -4.42. The van der Waals surface area contributed by atoms with Crippen molar-refractivity contribution >= 4 is 17.4 Å². The number of anilines is 2. The molecule has 0 spiro atoms. The number of hydrogen-bond acceptors (Lipinski definition) is 4. The molecule has 3 heterocycles. The third-order valence-corrected chi connectivity index (χ3v) is 4.89. The molecule has 5 nitrogen and oxygen atoms in total. The standard InChI is InChI=1S/C19H18F3N3O2/c20-19(21,22)14-5-6-17(23-11-14)24-9-10-27-16(12-24)18(26)25-8-7-13-3-1-2-4-15(13)25/h1-6,11,16H,7-10,12H2. The molecule has 8 heteroatoms. The summed E-state index contributed by atoms with van der Waals surface area (Å²) in [6.45, 7) is 1.65. The number of hydrogen-bond donors (Lipinski definition) is 0. The SMILES string of the molecule is O=C(C1CN(c2ccc(C(F)(F)F)cn2)CCO1)N1CCc2ccccc21. The van der Waals surface area contributed by atoms with Gasteiger partial charge in [-0.3, -0.25) is 4.79 Å². The molecule has 1 fully saturated rings. The predicted octanol–water partition coefficient (Wildman–Crippen LogP) is 2.89. The molecule has 142 valence electrons. The van der Waals surface area contributed by atoms with Crippen molar-refractivity contribution in [2.45, 2.75) is 18.7 Å². The van der Waals surface area contributed by atoms with Gasteiger partial charge in [0.05, 0.1) is 18.7 Å². The second-order valence-corrected chi connectivity index (χ2v) is 6.58. The van der Waals surface area contributed by atoms with Crippen LogP contribution in [0.4, 0.5) is 24.7 Å². The van der Waals surface area contributed by atoms with Crippen molar-refractivity contribution in [1.29, 1.82) is 0 Å². The molecule has 0 bridgehead atoms. The van der Waals surface area contributed by atoms with Gasteiger partial charge in [-0.2, -0.15) is 13.2 Å². The number of alkyl halides is 3. The van der Waals surface area contributed by atoms with Gasteiger partial charge in [0.15, 0.2) is 6.10 Å². The van der Waals surface area contributed by atoms with Crippen molar-refractivity contribution in [2.24, 2.45) is 0 Å². The maximum atomic E-state index is 12.9. The molecule has 0 N–H and O–H groups in total. The maximum absolute atomic E-state index is 12.9. The van der Waals surface area contributed by atoms with E-state index in [2.05, 4.69) is 4.98 Å². The Bertz CT molecular complexity index is 839. The Morgan fingerprint density at radius 3 is 2.70 bits per heavy atom. The topological polar surface area (TPSA) is 45.7 Å². The quantitative estimate of drug-likeness (QED) is 0.808. The fourth-order valence-corrected chi connectivity index (χ4v) is 3.49. The van der Waals surface area contributed by atoms with Crippen molar-refractivity contribution in [3.05, 3.63) is 53.7 Å². The first kappa shape index (κ1) is 17.8. The van der Waals surface area contributed by atoms with Crippen LogP contribution in [0.2, 0.25) is 0 Å². The monoisotopic (exact) mass is 377 g/mol. The summed E-state index contributed by atoms with van der Waals surface area (Å²) in [5.41, 5.74) is 1.24. The van der Waals surface area contributed by atoms with E-state index in [-0.39, 0.29) is 12.5 Å². The summed E-state index contributed by atoms with van der Waals surface area (Å²) >= 11 is 0. The summed E-state index contributed by atoms with van der Waals surface area (Å²) in [7, 11) is 0. The van der Waals surface area contributed by atoms with E-state index in [9.17, 15) is 18.0 Å². The van der Waals surface area contributed by atoms with Gasteiger partial charge in [0.25, 0.3) is 5.91 Å². The van der Waals surface area contributed by atoms with Gasteiger partial charge in [-0.05, 0) is 30.2 Å². The lowest BCUT2D eigenvalue weighted by atomic mass is 10.2. The smallest absolute Gasteiger partial charge is 0.365 e. The second-order valence-electron chi connectivity index (χ2n) is 6.58. The number of carbonyl (C=O) groups excluding carboxylic acids is 1. The molecule has 0 aliphatic carbocycles. The van der Waals surface area contributed by atoms with Gasteiger partial charge in [0.2, 0.25) is 0 Å². The minimum absolute atomic E-state index is 0.128. The van der Waals surface area contributed by atoms with Crippen LogP contribution in [0.5, 0.6) is 0 Å². The Balaban J connectivity index is 1.48. The Morgan fingerprint density at radius 2 is 1.96 bits per heavy atom. The summed E-state index contributed by atoms with van der Waals surface area (Å²) in [6.07, 6.45) is -3.47. The Kier molecular flexibility index (Phi) is 4.51. The number of fused-ring (bicyclic) bond motifs is 1. The fourth-order valence-electron chi connectivity index (χ4n) is 3.49. The van der Waals surface area contributed by atoms with Gasteiger partial charge in [-0.1, -0.05) is 18.2 Å². The number of para-hydroxylation sites is 1. The van der Waals surface area contributed by atoms with Crippen LogP contribution in [-0.2, 0) is 22.1 Å². The minimum Gasteiger partial charge on any atom is -0.365 e. The number of pyridine rings is 1. The number of ether oxygens (including phenoxy) is 1. The van der Waals surface area contributed by atoms with Gasteiger partial charge in [0, 0.05) is 25.0 Å². The molecule has 2 aliphatic heterocycles. The largest absolute Gasteiger partial charge is 0.417 e. The van der Waals surface area contributed by atoms with Crippen LogP contribution in [-0.4, -0.2) is 43.2 Å². The first-order valence-corrected chi connectivity index (χ1v) is 8.72. The zero-order chi connectivity index (χ0) is 19.0. The predicted molar refractivity (Wildman–Crippen MR) is 93.7 cm³/mol. The number of nitrogens with zero attached hydrogens (tertiary/aromatic N) is 3. The number of halogens is 3. The van der Waals surface area contributed by atoms with E-state index in [1.807, 2.05) is 24.3 Å². The summed E-state index contributed by atoms with van der Waals surface area (Å²) in [5, 5.41) is 0. The molecular formula is C19H18F3N3O2. The van der Waals surface area contributed by atoms with Crippen LogP contribution >= 0.6 is 0 Å². The van der Waals surface area contributed by atoms with Crippen molar-refractivity contribution in [1.82, 2.24) is 4.98 Å². The van der Waals surface area contributed by atoms with E-state index in [1.54, 1.807) is 9.80 Å². The first-order valence-electron chi connectivity index (χ1n) is 8.72. The molecular weight excluding hydrogens is 359 g/mol. The lowest BCUT2D eigenvalue weighted by molar-refractivity contribution is -0.137. The molecule has 4 rings (SSSR count). The van der Waals surface area contributed by atoms with Gasteiger partial charge < -0.3 is 14.5 Å². The van der Waals surface area contributed by atoms with E-state index in [0.717, 1.165) is 29.9 Å². The number of carbonyl (C=O) groups is 1. The molecule has 1 atom stereocenters. The van der Waals surface area contributed by atoms with E-state index >= 15 is 0 Å². The summed E-state index contributed by atoms with van der Waals surface area (Å²) in [6, 6.07) is 10.1.